The Hall–Kier alpha value is -2.24. The van der Waals surface area contributed by atoms with Gasteiger partial charge in [-0.3, -0.25) is 4.90 Å². The Kier molecular flexibility index (Phi) is 5.58. The molecule has 0 saturated heterocycles. The van der Waals surface area contributed by atoms with Gasteiger partial charge in [-0.1, -0.05) is 0 Å². The fourth-order valence-electron chi connectivity index (χ4n) is 1.60. The third-order valence-corrected chi connectivity index (χ3v) is 2.44. The summed E-state index contributed by atoms with van der Waals surface area (Å²) in [7, 11) is 0. The van der Waals surface area contributed by atoms with Crippen LogP contribution >= 0.6 is 0 Å². The van der Waals surface area contributed by atoms with E-state index in [9.17, 15) is 9.59 Å². The van der Waals surface area contributed by atoms with E-state index >= 15 is 0 Å². The smallest absolute Gasteiger partial charge is 0.414 e. The number of hydrogen-bond donors (Lipinski definition) is 1. The molecule has 0 aromatic heterocycles. The van der Waals surface area contributed by atoms with Gasteiger partial charge >= 0.3 is 12.1 Å². The molecule has 116 valence electrons. The van der Waals surface area contributed by atoms with E-state index in [1.54, 1.807) is 24.3 Å². The summed E-state index contributed by atoms with van der Waals surface area (Å²) in [5.41, 5.74) is 0.101. The zero-order valence-corrected chi connectivity index (χ0v) is 12.8. The van der Waals surface area contributed by atoms with Crippen molar-refractivity contribution >= 4 is 17.7 Å². The fraction of sp³-hybridized carbons (Fsp3) is 0.467. The summed E-state index contributed by atoms with van der Waals surface area (Å²) in [4.78, 5) is 24.0. The third-order valence-electron chi connectivity index (χ3n) is 2.44. The molecule has 0 spiro atoms. The third kappa shape index (κ3) is 5.72. The molecule has 0 heterocycles. The predicted octanol–water partition coefficient (Wildman–Crippen LogP) is 2.91. The lowest BCUT2D eigenvalue weighted by Crippen LogP contribution is -2.36. The SMILES string of the molecule is CCN(C(=O)OC(C)(C)C)c1ccc(OCC(=O)O)cc1. The molecule has 1 aromatic carbocycles. The second-order valence-electron chi connectivity index (χ2n) is 5.40. The maximum Gasteiger partial charge on any atom is 0.414 e. The lowest BCUT2D eigenvalue weighted by Gasteiger charge is -2.26. The largest absolute Gasteiger partial charge is 0.482 e. The number of benzene rings is 1. The average Bonchev–Trinajstić information content (AvgIpc) is 2.36. The second-order valence-corrected chi connectivity index (χ2v) is 5.40. The molecule has 0 unspecified atom stereocenters. The number of carbonyl (C=O) groups is 2. The molecular weight excluding hydrogens is 274 g/mol. The molecule has 0 saturated carbocycles. The summed E-state index contributed by atoms with van der Waals surface area (Å²) in [6, 6.07) is 6.60. The Morgan fingerprint density at radius 3 is 2.19 bits per heavy atom. The number of hydrogen-bond acceptors (Lipinski definition) is 4. The summed E-state index contributed by atoms with van der Waals surface area (Å²) in [5, 5.41) is 8.54. The summed E-state index contributed by atoms with van der Waals surface area (Å²) >= 11 is 0. The molecule has 1 N–H and O–H groups in total. The first-order chi connectivity index (χ1) is 9.73. The molecule has 0 aliphatic rings. The Bertz CT molecular complexity index is 490. The molecule has 6 nitrogen and oxygen atoms in total. The average molecular weight is 295 g/mol. The van der Waals surface area contributed by atoms with Crippen LogP contribution in [0, 0.1) is 0 Å². The van der Waals surface area contributed by atoms with Crippen LogP contribution in [0.1, 0.15) is 27.7 Å². The van der Waals surface area contributed by atoms with E-state index in [-0.39, 0.29) is 0 Å². The first-order valence-corrected chi connectivity index (χ1v) is 6.68. The minimum Gasteiger partial charge on any atom is -0.482 e. The van der Waals surface area contributed by atoms with E-state index in [0.717, 1.165) is 0 Å². The van der Waals surface area contributed by atoms with Crippen LogP contribution in [0.3, 0.4) is 0 Å². The summed E-state index contributed by atoms with van der Waals surface area (Å²) in [5.74, 6) is -0.607. The first-order valence-electron chi connectivity index (χ1n) is 6.68. The van der Waals surface area contributed by atoms with Gasteiger partial charge in [0.1, 0.15) is 11.4 Å². The molecular formula is C15H21NO5. The van der Waals surface area contributed by atoms with Crippen LogP contribution in [0.5, 0.6) is 5.75 Å². The summed E-state index contributed by atoms with van der Waals surface area (Å²) < 4.78 is 10.4. The molecule has 0 aliphatic carbocycles. The van der Waals surface area contributed by atoms with Crippen LogP contribution < -0.4 is 9.64 Å². The minimum absolute atomic E-state index is 0.400. The van der Waals surface area contributed by atoms with E-state index in [1.165, 1.54) is 4.90 Å². The van der Waals surface area contributed by atoms with Gasteiger partial charge < -0.3 is 14.6 Å². The molecule has 0 atom stereocenters. The lowest BCUT2D eigenvalue weighted by atomic mass is 10.2. The number of nitrogens with zero attached hydrogens (tertiary/aromatic N) is 1. The quantitative estimate of drug-likeness (QED) is 0.903. The van der Waals surface area contributed by atoms with Crippen LogP contribution in [0.15, 0.2) is 24.3 Å². The predicted molar refractivity (Wildman–Crippen MR) is 78.8 cm³/mol. The van der Waals surface area contributed by atoms with Crippen molar-refractivity contribution in [1.82, 2.24) is 0 Å². The fourth-order valence-corrected chi connectivity index (χ4v) is 1.60. The number of aliphatic carboxylic acids is 1. The molecule has 0 bridgehead atoms. The first kappa shape index (κ1) is 16.8. The van der Waals surface area contributed by atoms with Crippen molar-refractivity contribution in [2.45, 2.75) is 33.3 Å². The number of ether oxygens (including phenoxy) is 2. The maximum absolute atomic E-state index is 12.1. The molecule has 1 rings (SSSR count). The van der Waals surface area contributed by atoms with Crippen LogP contribution in [-0.2, 0) is 9.53 Å². The van der Waals surface area contributed by atoms with E-state index in [4.69, 9.17) is 14.6 Å². The van der Waals surface area contributed by atoms with Crippen molar-refractivity contribution in [2.75, 3.05) is 18.1 Å². The van der Waals surface area contributed by atoms with E-state index in [2.05, 4.69) is 0 Å². The number of anilines is 1. The Morgan fingerprint density at radius 2 is 1.76 bits per heavy atom. The highest BCUT2D eigenvalue weighted by Gasteiger charge is 2.22. The van der Waals surface area contributed by atoms with Gasteiger partial charge in [-0.25, -0.2) is 9.59 Å². The Morgan fingerprint density at radius 1 is 1.19 bits per heavy atom. The van der Waals surface area contributed by atoms with Crippen molar-refractivity contribution in [3.8, 4) is 5.75 Å². The van der Waals surface area contributed by atoms with Gasteiger partial charge in [-0.05, 0) is 52.0 Å². The van der Waals surface area contributed by atoms with E-state index in [0.29, 0.717) is 18.0 Å². The molecule has 21 heavy (non-hydrogen) atoms. The van der Waals surface area contributed by atoms with E-state index < -0.39 is 24.3 Å². The highest BCUT2D eigenvalue weighted by atomic mass is 16.6. The van der Waals surface area contributed by atoms with Gasteiger partial charge in [0.25, 0.3) is 0 Å². The highest BCUT2D eigenvalue weighted by molar-refractivity contribution is 5.87. The number of carboxylic acid groups (broad SMARTS) is 1. The van der Waals surface area contributed by atoms with Crippen LogP contribution in [0.25, 0.3) is 0 Å². The van der Waals surface area contributed by atoms with Gasteiger partial charge in [0.2, 0.25) is 0 Å². The molecule has 0 radical (unpaired) electrons. The normalized spacial score (nSPS) is 10.9. The molecule has 0 fully saturated rings. The molecule has 0 aliphatic heterocycles. The second kappa shape index (κ2) is 6.97. The Balaban J connectivity index is 2.77. The topological polar surface area (TPSA) is 76.1 Å². The Labute approximate surface area is 124 Å². The van der Waals surface area contributed by atoms with Crippen molar-refractivity contribution in [3.63, 3.8) is 0 Å². The van der Waals surface area contributed by atoms with Crippen LogP contribution in [0.4, 0.5) is 10.5 Å². The van der Waals surface area contributed by atoms with Crippen molar-refractivity contribution in [2.24, 2.45) is 0 Å². The summed E-state index contributed by atoms with van der Waals surface area (Å²) in [6.45, 7) is 7.33. The molecule has 6 heteroatoms. The van der Waals surface area contributed by atoms with Crippen molar-refractivity contribution < 1.29 is 24.2 Å². The number of amides is 1. The highest BCUT2D eigenvalue weighted by Crippen LogP contribution is 2.21. The van der Waals surface area contributed by atoms with Gasteiger partial charge in [0.05, 0.1) is 0 Å². The molecule has 1 aromatic rings. The van der Waals surface area contributed by atoms with Gasteiger partial charge in [-0.2, -0.15) is 0 Å². The van der Waals surface area contributed by atoms with Crippen LogP contribution in [-0.4, -0.2) is 35.9 Å². The van der Waals surface area contributed by atoms with Crippen LogP contribution in [0.2, 0.25) is 0 Å². The van der Waals surface area contributed by atoms with Crippen molar-refractivity contribution in [1.29, 1.82) is 0 Å². The van der Waals surface area contributed by atoms with Gasteiger partial charge in [-0.15, -0.1) is 0 Å². The number of carboxylic acids is 1. The lowest BCUT2D eigenvalue weighted by molar-refractivity contribution is -0.139. The minimum atomic E-state index is -1.04. The maximum atomic E-state index is 12.1. The zero-order chi connectivity index (χ0) is 16.0. The zero-order valence-electron chi connectivity index (χ0n) is 12.8. The molecule has 1 amide bonds. The van der Waals surface area contributed by atoms with E-state index in [1.807, 2.05) is 27.7 Å². The number of rotatable bonds is 5. The van der Waals surface area contributed by atoms with Gasteiger partial charge in [0, 0.05) is 12.2 Å². The number of carbonyl (C=O) groups excluding carboxylic acids is 1. The standard InChI is InChI=1S/C15H21NO5/c1-5-16(14(19)21-15(2,3)4)11-6-8-12(9-7-11)20-10-13(17)18/h6-9H,5,10H2,1-4H3,(H,17,18). The van der Waals surface area contributed by atoms with Gasteiger partial charge in [0.15, 0.2) is 6.61 Å². The summed E-state index contributed by atoms with van der Waals surface area (Å²) in [6.07, 6.45) is -0.427. The van der Waals surface area contributed by atoms with Crippen molar-refractivity contribution in [3.05, 3.63) is 24.3 Å². The monoisotopic (exact) mass is 295 g/mol.